The van der Waals surface area contributed by atoms with Gasteiger partial charge in [0.15, 0.2) is 0 Å². The van der Waals surface area contributed by atoms with E-state index in [1.165, 1.54) is 0 Å². The molecule has 0 fully saturated rings. The van der Waals surface area contributed by atoms with E-state index in [1.807, 2.05) is 6.92 Å². The van der Waals surface area contributed by atoms with Gasteiger partial charge in [-0.25, -0.2) is 8.42 Å². The molecule has 6 nitrogen and oxygen atoms in total. The molecule has 0 saturated carbocycles. The lowest BCUT2D eigenvalue weighted by molar-refractivity contribution is 0.0954. The third-order valence-electron chi connectivity index (χ3n) is 2.73. The Morgan fingerprint density at radius 1 is 1.18 bits per heavy atom. The third-order valence-corrected chi connectivity index (χ3v) is 3.32. The first-order chi connectivity index (χ1) is 9.83. The molecule has 126 valence electrons. The minimum absolute atomic E-state index is 0. The van der Waals surface area contributed by atoms with Crippen LogP contribution in [0.5, 0.6) is 0 Å². The fourth-order valence-electron chi connectivity index (χ4n) is 1.80. The predicted octanol–water partition coefficient (Wildman–Crippen LogP) is 1.52. The molecular weight excluding hydrogens is 326 g/mol. The van der Waals surface area contributed by atoms with Crippen molar-refractivity contribution in [3.8, 4) is 0 Å². The number of anilines is 1. The molecular formula is C14H24ClN3O3S. The molecule has 0 aliphatic heterocycles. The second-order valence-corrected chi connectivity index (χ2v) is 6.68. The Labute approximate surface area is 138 Å². The number of sulfonamides is 1. The summed E-state index contributed by atoms with van der Waals surface area (Å²) >= 11 is 0. The maximum absolute atomic E-state index is 12.2. The molecule has 0 saturated heterocycles. The maximum Gasteiger partial charge on any atom is 0.253 e. The highest BCUT2D eigenvalue weighted by atomic mass is 35.5. The minimum atomic E-state index is -3.42. The number of amides is 1. The zero-order valence-corrected chi connectivity index (χ0v) is 14.7. The van der Waals surface area contributed by atoms with Gasteiger partial charge < -0.3 is 10.6 Å². The zero-order valence-electron chi connectivity index (χ0n) is 13.1. The average Bonchev–Trinajstić information content (AvgIpc) is 2.39. The highest BCUT2D eigenvalue weighted by Crippen LogP contribution is 2.18. The van der Waals surface area contributed by atoms with Crippen molar-refractivity contribution in [1.29, 1.82) is 0 Å². The number of benzene rings is 1. The van der Waals surface area contributed by atoms with E-state index in [0.29, 0.717) is 24.3 Å². The number of hydrogen-bond donors (Lipinski definition) is 3. The Kier molecular flexibility index (Phi) is 9.08. The van der Waals surface area contributed by atoms with Gasteiger partial charge in [-0.15, -0.1) is 12.4 Å². The standard InChI is InChI=1S/C14H23N3O3S.ClH/c1-4-7-15-8-9-16-14(18)12-10-11(2)5-6-13(12)17-21(3,19)20;/h5-6,10,15,17H,4,7-9H2,1-3H3,(H,16,18);1H. The number of nitrogens with one attached hydrogen (secondary N) is 3. The van der Waals surface area contributed by atoms with Gasteiger partial charge in [0, 0.05) is 13.1 Å². The molecule has 1 rings (SSSR count). The third kappa shape index (κ3) is 7.63. The van der Waals surface area contributed by atoms with Crippen molar-refractivity contribution in [2.24, 2.45) is 0 Å². The van der Waals surface area contributed by atoms with Crippen LogP contribution in [0.15, 0.2) is 18.2 Å². The van der Waals surface area contributed by atoms with E-state index in [1.54, 1.807) is 18.2 Å². The highest BCUT2D eigenvalue weighted by molar-refractivity contribution is 7.92. The lowest BCUT2D eigenvalue weighted by Crippen LogP contribution is -2.32. The number of aryl methyl sites for hydroxylation is 1. The molecule has 0 aliphatic carbocycles. The molecule has 0 heterocycles. The first-order valence-electron chi connectivity index (χ1n) is 6.91. The number of carbonyl (C=O) groups excluding carboxylic acids is 1. The number of halogens is 1. The van der Waals surface area contributed by atoms with Crippen LogP contribution >= 0.6 is 12.4 Å². The van der Waals surface area contributed by atoms with Crippen LogP contribution in [-0.4, -0.2) is 40.2 Å². The van der Waals surface area contributed by atoms with Crippen LogP contribution in [0.4, 0.5) is 5.69 Å². The van der Waals surface area contributed by atoms with Crippen LogP contribution in [0.3, 0.4) is 0 Å². The fourth-order valence-corrected chi connectivity index (χ4v) is 2.37. The number of rotatable bonds is 8. The van der Waals surface area contributed by atoms with Gasteiger partial charge in [0.1, 0.15) is 0 Å². The van der Waals surface area contributed by atoms with Gasteiger partial charge in [-0.1, -0.05) is 18.6 Å². The van der Waals surface area contributed by atoms with Crippen molar-refractivity contribution in [2.45, 2.75) is 20.3 Å². The lowest BCUT2D eigenvalue weighted by Gasteiger charge is -2.12. The molecule has 0 aromatic heterocycles. The topological polar surface area (TPSA) is 87.3 Å². The molecule has 0 atom stereocenters. The van der Waals surface area contributed by atoms with Gasteiger partial charge in [0.05, 0.1) is 17.5 Å². The smallest absolute Gasteiger partial charge is 0.253 e. The van der Waals surface area contributed by atoms with Crippen molar-refractivity contribution >= 4 is 34.0 Å². The molecule has 0 aliphatic rings. The van der Waals surface area contributed by atoms with Gasteiger partial charge in [-0.3, -0.25) is 9.52 Å². The van der Waals surface area contributed by atoms with Crippen LogP contribution in [0, 0.1) is 6.92 Å². The van der Waals surface area contributed by atoms with E-state index in [4.69, 9.17) is 0 Å². The quantitative estimate of drug-likeness (QED) is 0.621. The van der Waals surface area contributed by atoms with Crippen molar-refractivity contribution in [3.63, 3.8) is 0 Å². The second-order valence-electron chi connectivity index (χ2n) is 4.93. The molecule has 1 aromatic rings. The molecule has 1 amide bonds. The molecule has 8 heteroatoms. The van der Waals surface area contributed by atoms with Crippen LogP contribution in [-0.2, 0) is 10.0 Å². The van der Waals surface area contributed by atoms with Gasteiger partial charge in [-0.05, 0) is 32.0 Å². The summed E-state index contributed by atoms with van der Waals surface area (Å²) in [6.07, 6.45) is 2.09. The second kappa shape index (κ2) is 9.66. The zero-order chi connectivity index (χ0) is 15.9. The first kappa shape index (κ1) is 20.7. The van der Waals surface area contributed by atoms with Gasteiger partial charge >= 0.3 is 0 Å². The van der Waals surface area contributed by atoms with Crippen molar-refractivity contribution in [1.82, 2.24) is 10.6 Å². The van der Waals surface area contributed by atoms with Crippen LogP contribution in [0.1, 0.15) is 29.3 Å². The van der Waals surface area contributed by atoms with E-state index in [9.17, 15) is 13.2 Å². The monoisotopic (exact) mass is 349 g/mol. The van der Waals surface area contributed by atoms with Crippen LogP contribution < -0.4 is 15.4 Å². The predicted molar refractivity (Wildman–Crippen MR) is 92.4 cm³/mol. The summed E-state index contributed by atoms with van der Waals surface area (Å²) in [6, 6.07) is 5.02. The molecule has 0 unspecified atom stereocenters. The molecule has 0 bridgehead atoms. The summed E-state index contributed by atoms with van der Waals surface area (Å²) in [6.45, 7) is 6.00. The molecule has 1 aromatic carbocycles. The average molecular weight is 350 g/mol. The SMILES string of the molecule is CCCNCCNC(=O)c1cc(C)ccc1NS(C)(=O)=O.Cl. The van der Waals surface area contributed by atoms with E-state index in [2.05, 4.69) is 22.3 Å². The molecule has 0 spiro atoms. The Morgan fingerprint density at radius 2 is 1.86 bits per heavy atom. The van der Waals surface area contributed by atoms with Crippen LogP contribution in [0.2, 0.25) is 0 Å². The molecule has 0 radical (unpaired) electrons. The van der Waals surface area contributed by atoms with E-state index in [-0.39, 0.29) is 18.3 Å². The summed E-state index contributed by atoms with van der Waals surface area (Å²) < 4.78 is 25.0. The van der Waals surface area contributed by atoms with Gasteiger partial charge in [0.2, 0.25) is 10.0 Å². The fraction of sp³-hybridized carbons (Fsp3) is 0.500. The number of hydrogen-bond acceptors (Lipinski definition) is 4. The summed E-state index contributed by atoms with van der Waals surface area (Å²) in [5, 5.41) is 5.95. The minimum Gasteiger partial charge on any atom is -0.351 e. The van der Waals surface area contributed by atoms with E-state index >= 15 is 0 Å². The first-order valence-corrected chi connectivity index (χ1v) is 8.80. The summed E-state index contributed by atoms with van der Waals surface area (Å²) in [7, 11) is -3.42. The lowest BCUT2D eigenvalue weighted by atomic mass is 10.1. The summed E-state index contributed by atoms with van der Waals surface area (Å²) in [5.41, 5.74) is 1.52. The molecule has 3 N–H and O–H groups in total. The van der Waals surface area contributed by atoms with Crippen LogP contribution in [0.25, 0.3) is 0 Å². The Morgan fingerprint density at radius 3 is 2.45 bits per heavy atom. The largest absolute Gasteiger partial charge is 0.351 e. The summed E-state index contributed by atoms with van der Waals surface area (Å²) in [4.78, 5) is 12.2. The Bertz CT molecular complexity index is 591. The molecule has 22 heavy (non-hydrogen) atoms. The normalized spacial score (nSPS) is 10.7. The van der Waals surface area contributed by atoms with Gasteiger partial charge in [0.25, 0.3) is 5.91 Å². The van der Waals surface area contributed by atoms with Crippen molar-refractivity contribution in [2.75, 3.05) is 30.6 Å². The number of carbonyl (C=O) groups is 1. The van der Waals surface area contributed by atoms with Crippen molar-refractivity contribution < 1.29 is 13.2 Å². The highest BCUT2D eigenvalue weighted by Gasteiger charge is 2.14. The maximum atomic E-state index is 12.2. The van der Waals surface area contributed by atoms with E-state index in [0.717, 1.165) is 24.8 Å². The Balaban J connectivity index is 0.00000441. The van der Waals surface area contributed by atoms with Gasteiger partial charge in [-0.2, -0.15) is 0 Å². The van der Waals surface area contributed by atoms with Crippen molar-refractivity contribution in [3.05, 3.63) is 29.3 Å². The van der Waals surface area contributed by atoms with E-state index < -0.39 is 10.0 Å². The summed E-state index contributed by atoms with van der Waals surface area (Å²) in [5.74, 6) is -0.289. The Hall–Kier alpha value is -1.31.